The minimum absolute atomic E-state index is 0.0170. The van der Waals surface area contributed by atoms with E-state index in [0.29, 0.717) is 18.4 Å². The van der Waals surface area contributed by atoms with Gasteiger partial charge in [-0.25, -0.2) is 9.78 Å². The summed E-state index contributed by atoms with van der Waals surface area (Å²) in [5.74, 6) is 2.58. The van der Waals surface area contributed by atoms with Crippen molar-refractivity contribution < 1.29 is 4.79 Å². The van der Waals surface area contributed by atoms with E-state index in [9.17, 15) is 4.79 Å². The van der Waals surface area contributed by atoms with Gasteiger partial charge in [0.25, 0.3) is 0 Å². The number of benzene rings is 1. The molecule has 1 aliphatic carbocycles. The molecule has 1 saturated carbocycles. The van der Waals surface area contributed by atoms with Crippen LogP contribution in [-0.4, -0.2) is 39.2 Å². The van der Waals surface area contributed by atoms with Gasteiger partial charge in [0, 0.05) is 24.9 Å². The number of aromatic nitrogens is 3. The van der Waals surface area contributed by atoms with E-state index in [-0.39, 0.29) is 6.03 Å². The van der Waals surface area contributed by atoms with E-state index in [1.807, 2.05) is 4.90 Å². The number of nitrogens with zero attached hydrogens (tertiary/aromatic N) is 3. The van der Waals surface area contributed by atoms with Crippen LogP contribution in [0.1, 0.15) is 59.4 Å². The Morgan fingerprint density at radius 3 is 2.88 bits per heavy atom. The standard InChI is InChI=1S/C19H25N5O/c1-12-3-6-16(13(2)9-12)15-7-8-24(11-15)19(25)20-10-17-21-18(23-22-17)14-4-5-14/h3,6,9,14-15H,4-5,7-8,10-11H2,1-2H3,(H,20,25)(H,21,22,23). The van der Waals surface area contributed by atoms with E-state index in [1.165, 1.54) is 29.5 Å². The number of H-pyrrole nitrogens is 1. The molecule has 4 rings (SSSR count). The molecular formula is C19H25N5O. The summed E-state index contributed by atoms with van der Waals surface area (Å²) in [4.78, 5) is 18.8. The lowest BCUT2D eigenvalue weighted by molar-refractivity contribution is 0.207. The van der Waals surface area contributed by atoms with Gasteiger partial charge in [0.1, 0.15) is 5.82 Å². The third-order valence-electron chi connectivity index (χ3n) is 5.24. The van der Waals surface area contributed by atoms with Gasteiger partial charge in [-0.3, -0.25) is 5.10 Å². The largest absolute Gasteiger partial charge is 0.331 e. The van der Waals surface area contributed by atoms with Crippen molar-refractivity contribution in [1.82, 2.24) is 25.4 Å². The minimum Gasteiger partial charge on any atom is -0.331 e. The zero-order chi connectivity index (χ0) is 17.4. The van der Waals surface area contributed by atoms with Gasteiger partial charge in [0.2, 0.25) is 0 Å². The van der Waals surface area contributed by atoms with Crippen LogP contribution in [0.4, 0.5) is 4.79 Å². The summed E-state index contributed by atoms with van der Waals surface area (Å²) in [6.45, 7) is 6.26. The molecule has 2 heterocycles. The molecule has 1 saturated heterocycles. The number of aryl methyl sites for hydroxylation is 2. The average molecular weight is 339 g/mol. The van der Waals surface area contributed by atoms with Crippen molar-refractivity contribution in [2.45, 2.75) is 51.5 Å². The lowest BCUT2D eigenvalue weighted by atomic mass is 9.93. The van der Waals surface area contributed by atoms with Crippen LogP contribution in [0.5, 0.6) is 0 Å². The number of carbonyl (C=O) groups is 1. The Balaban J connectivity index is 1.32. The number of aromatic amines is 1. The van der Waals surface area contributed by atoms with Gasteiger partial charge >= 0.3 is 6.03 Å². The fourth-order valence-corrected chi connectivity index (χ4v) is 3.67. The van der Waals surface area contributed by atoms with E-state index in [1.54, 1.807) is 0 Å². The number of urea groups is 1. The Hall–Kier alpha value is -2.37. The fourth-order valence-electron chi connectivity index (χ4n) is 3.67. The number of amides is 2. The van der Waals surface area contributed by atoms with Gasteiger partial charge in [-0.15, -0.1) is 0 Å². The van der Waals surface area contributed by atoms with Crippen molar-refractivity contribution in [3.05, 3.63) is 46.5 Å². The van der Waals surface area contributed by atoms with Crippen molar-refractivity contribution in [3.8, 4) is 0 Å². The number of likely N-dealkylation sites (tertiary alicyclic amines) is 1. The third kappa shape index (κ3) is 3.52. The summed E-state index contributed by atoms with van der Waals surface area (Å²) in [6, 6.07) is 6.58. The number of carbonyl (C=O) groups excluding carboxylic acids is 1. The van der Waals surface area contributed by atoms with Crippen LogP contribution in [0, 0.1) is 13.8 Å². The van der Waals surface area contributed by atoms with Gasteiger partial charge in [-0.05, 0) is 44.2 Å². The van der Waals surface area contributed by atoms with Gasteiger partial charge < -0.3 is 10.2 Å². The second-order valence-electron chi connectivity index (χ2n) is 7.36. The first-order valence-electron chi connectivity index (χ1n) is 9.11. The van der Waals surface area contributed by atoms with Crippen LogP contribution in [0.2, 0.25) is 0 Å². The maximum Gasteiger partial charge on any atom is 0.317 e. The van der Waals surface area contributed by atoms with Crippen LogP contribution in [0.3, 0.4) is 0 Å². The molecule has 2 N–H and O–H groups in total. The summed E-state index contributed by atoms with van der Waals surface area (Å²) in [6.07, 6.45) is 3.37. The molecule has 0 spiro atoms. The zero-order valence-electron chi connectivity index (χ0n) is 14.9. The number of nitrogens with one attached hydrogen (secondary N) is 2. The van der Waals surface area contributed by atoms with Crippen LogP contribution >= 0.6 is 0 Å². The second kappa shape index (κ2) is 6.50. The molecule has 2 aromatic rings. The molecule has 0 bridgehead atoms. The minimum atomic E-state index is -0.0170. The quantitative estimate of drug-likeness (QED) is 0.899. The Bertz CT molecular complexity index is 780. The van der Waals surface area contributed by atoms with Gasteiger partial charge in [-0.1, -0.05) is 23.8 Å². The van der Waals surface area contributed by atoms with Gasteiger partial charge in [0.15, 0.2) is 5.82 Å². The monoisotopic (exact) mass is 339 g/mol. The fraction of sp³-hybridized carbons (Fsp3) is 0.526. The number of hydrogen-bond donors (Lipinski definition) is 2. The highest BCUT2D eigenvalue weighted by atomic mass is 16.2. The molecule has 1 atom stereocenters. The predicted molar refractivity (Wildman–Crippen MR) is 95.4 cm³/mol. The predicted octanol–water partition coefficient (Wildman–Crippen LogP) is 3.00. The Kier molecular flexibility index (Phi) is 4.19. The van der Waals surface area contributed by atoms with E-state index < -0.39 is 0 Å². The SMILES string of the molecule is Cc1ccc(C2CCN(C(=O)NCc3nc(C4CC4)n[nH]3)C2)c(C)c1. The van der Waals surface area contributed by atoms with Crippen LogP contribution in [-0.2, 0) is 6.54 Å². The van der Waals surface area contributed by atoms with E-state index in [2.05, 4.69) is 52.5 Å². The normalized spacial score (nSPS) is 20.1. The third-order valence-corrected chi connectivity index (χ3v) is 5.24. The Labute approximate surface area is 148 Å². The topological polar surface area (TPSA) is 73.9 Å². The van der Waals surface area contributed by atoms with Crippen molar-refractivity contribution in [3.63, 3.8) is 0 Å². The molecular weight excluding hydrogens is 314 g/mol. The molecule has 2 amide bonds. The number of hydrogen-bond acceptors (Lipinski definition) is 3. The van der Waals surface area contributed by atoms with E-state index in [4.69, 9.17) is 0 Å². The Morgan fingerprint density at radius 1 is 1.28 bits per heavy atom. The first-order chi connectivity index (χ1) is 12.1. The van der Waals surface area contributed by atoms with Crippen molar-refractivity contribution in [1.29, 1.82) is 0 Å². The van der Waals surface area contributed by atoms with Crippen LogP contribution in [0.25, 0.3) is 0 Å². The molecule has 132 valence electrons. The second-order valence-corrected chi connectivity index (χ2v) is 7.36. The highest BCUT2D eigenvalue weighted by Crippen LogP contribution is 2.37. The smallest absolute Gasteiger partial charge is 0.317 e. The summed E-state index contributed by atoms with van der Waals surface area (Å²) < 4.78 is 0. The summed E-state index contributed by atoms with van der Waals surface area (Å²) in [5.41, 5.74) is 3.97. The lowest BCUT2D eigenvalue weighted by Crippen LogP contribution is -2.38. The maximum atomic E-state index is 12.4. The summed E-state index contributed by atoms with van der Waals surface area (Å²) in [7, 11) is 0. The summed E-state index contributed by atoms with van der Waals surface area (Å²) in [5, 5.41) is 10.1. The lowest BCUT2D eigenvalue weighted by Gasteiger charge is -2.18. The first-order valence-corrected chi connectivity index (χ1v) is 9.11. The molecule has 1 unspecified atom stereocenters. The van der Waals surface area contributed by atoms with Crippen molar-refractivity contribution >= 4 is 6.03 Å². The molecule has 1 aromatic carbocycles. The molecule has 2 aliphatic rings. The maximum absolute atomic E-state index is 12.4. The zero-order valence-corrected chi connectivity index (χ0v) is 14.9. The number of rotatable bonds is 4. The van der Waals surface area contributed by atoms with Gasteiger partial charge in [-0.2, -0.15) is 5.10 Å². The van der Waals surface area contributed by atoms with Gasteiger partial charge in [0.05, 0.1) is 6.54 Å². The molecule has 2 fully saturated rings. The molecule has 6 nitrogen and oxygen atoms in total. The van der Waals surface area contributed by atoms with Crippen molar-refractivity contribution in [2.75, 3.05) is 13.1 Å². The molecule has 25 heavy (non-hydrogen) atoms. The molecule has 6 heteroatoms. The van der Waals surface area contributed by atoms with E-state index >= 15 is 0 Å². The highest BCUT2D eigenvalue weighted by Gasteiger charge is 2.29. The van der Waals surface area contributed by atoms with E-state index in [0.717, 1.165) is 31.2 Å². The molecule has 1 aromatic heterocycles. The molecule has 0 radical (unpaired) electrons. The van der Waals surface area contributed by atoms with Crippen LogP contribution in [0.15, 0.2) is 18.2 Å². The average Bonchev–Trinajstić information content (AvgIpc) is 3.14. The van der Waals surface area contributed by atoms with Crippen molar-refractivity contribution in [2.24, 2.45) is 0 Å². The molecule has 1 aliphatic heterocycles. The Morgan fingerprint density at radius 2 is 2.12 bits per heavy atom. The highest BCUT2D eigenvalue weighted by molar-refractivity contribution is 5.74. The van der Waals surface area contributed by atoms with Crippen LogP contribution < -0.4 is 5.32 Å². The first kappa shape index (κ1) is 16.1. The summed E-state index contributed by atoms with van der Waals surface area (Å²) >= 11 is 0.